The average molecular weight is 825 g/mol. The normalized spacial score (nSPS) is 15.2. The number of rotatable bonds is 36. The third-order valence-electron chi connectivity index (χ3n) is 10.8. The van der Waals surface area contributed by atoms with Crippen molar-refractivity contribution in [2.75, 3.05) is 98.5 Å². The summed E-state index contributed by atoms with van der Waals surface area (Å²) < 4.78 is 16.6. The fraction of sp³-hybridized carbons (Fsp3) is 0.857. The van der Waals surface area contributed by atoms with E-state index < -0.39 is 18.2 Å². The SMILES string of the molecule is CCC(O)O.[B]C(=O)CCOCCOCCOCCNC(CCC(C(=O)C1CCC1)N(CCC)CCN(CCN(CCC(C)CC)CC(=O)O)CC(=O)O)=C1CCC1. The molecular formula is C42H77BN4O11. The summed E-state index contributed by atoms with van der Waals surface area (Å²) in [5, 5.41) is 38.7. The molecule has 15 nitrogen and oxygen atoms in total. The molecule has 2 radical (unpaired) electrons. The number of aliphatic hydroxyl groups is 2. The van der Waals surface area contributed by atoms with Gasteiger partial charge in [0.1, 0.15) is 0 Å². The second kappa shape index (κ2) is 33.3. The van der Waals surface area contributed by atoms with Gasteiger partial charge in [-0.1, -0.05) is 46.1 Å². The summed E-state index contributed by atoms with van der Waals surface area (Å²) in [6.07, 6.45) is 10.1. The molecule has 0 aromatic rings. The Morgan fingerprint density at radius 2 is 1.29 bits per heavy atom. The summed E-state index contributed by atoms with van der Waals surface area (Å²) in [5.74, 6) is -0.905. The minimum absolute atomic E-state index is 0.0681. The van der Waals surface area contributed by atoms with Crippen LogP contribution in [-0.2, 0) is 33.4 Å². The van der Waals surface area contributed by atoms with Gasteiger partial charge in [-0.2, -0.15) is 0 Å². The molecule has 58 heavy (non-hydrogen) atoms. The maximum Gasteiger partial charge on any atom is 0.317 e. The highest BCUT2D eigenvalue weighted by molar-refractivity contribution is 6.57. The Kier molecular flexibility index (Phi) is 30.8. The first kappa shape index (κ1) is 53.6. The minimum atomic E-state index is -1.12. The van der Waals surface area contributed by atoms with Gasteiger partial charge in [-0.15, -0.1) is 0 Å². The van der Waals surface area contributed by atoms with Crippen LogP contribution in [-0.4, -0.2) is 177 Å². The Bertz CT molecular complexity index is 1170. The number of ether oxygens (including phenoxy) is 3. The van der Waals surface area contributed by atoms with Gasteiger partial charge in [0.05, 0.1) is 64.5 Å². The van der Waals surface area contributed by atoms with E-state index in [9.17, 15) is 29.4 Å². The predicted octanol–water partition coefficient (Wildman–Crippen LogP) is 3.30. The summed E-state index contributed by atoms with van der Waals surface area (Å²) in [7, 11) is 5.09. The number of carboxylic acids is 2. The fourth-order valence-electron chi connectivity index (χ4n) is 6.58. The van der Waals surface area contributed by atoms with Gasteiger partial charge in [0.25, 0.3) is 0 Å². The third kappa shape index (κ3) is 25.9. The topological polar surface area (TPSA) is 199 Å². The molecule has 0 bridgehead atoms. The van der Waals surface area contributed by atoms with Crippen LogP contribution in [0.4, 0.5) is 0 Å². The summed E-state index contributed by atoms with van der Waals surface area (Å²) in [6.45, 7) is 14.5. The van der Waals surface area contributed by atoms with Gasteiger partial charge in [-0.3, -0.25) is 29.1 Å². The van der Waals surface area contributed by atoms with Gasteiger partial charge >= 0.3 is 11.9 Å². The number of aliphatic carboxylic acids is 2. The standard InChI is InChI=1S/C39H69BN4O9.C3H8O2/c1-4-17-44(22-21-43(30-38(48)49)20-19-42(29-37(46)47)18-14-31(3)5-2)35(39(50)33-10-7-11-33)13-12-34(32-8-6-9-32)41-16-24-52-26-28-53-27-25-51-23-15-36(40)45;1-2-3(4)5/h31,33,35,41H,4-30H2,1-3H3,(H,46,47)(H,48,49);3-5H,2H2,1H3. The largest absolute Gasteiger partial charge is 0.480 e. The number of hydrogen-bond acceptors (Lipinski definition) is 13. The smallest absolute Gasteiger partial charge is 0.317 e. The zero-order valence-corrected chi connectivity index (χ0v) is 36.2. The molecule has 2 atom stereocenters. The molecule has 0 spiro atoms. The van der Waals surface area contributed by atoms with Gasteiger partial charge in [-0.05, 0) is 83.2 Å². The van der Waals surface area contributed by atoms with Crippen LogP contribution in [0.2, 0.25) is 0 Å². The number of carboxylic acid groups (broad SMARTS) is 2. The van der Waals surface area contributed by atoms with E-state index in [1.807, 2.05) is 9.80 Å². The summed E-state index contributed by atoms with van der Waals surface area (Å²) >= 11 is 0. The highest BCUT2D eigenvalue weighted by atomic mass is 16.5. The van der Waals surface area contributed by atoms with E-state index in [1.54, 1.807) is 6.92 Å². The zero-order chi connectivity index (χ0) is 43.1. The Morgan fingerprint density at radius 3 is 1.76 bits per heavy atom. The average Bonchev–Trinajstić information content (AvgIpc) is 3.12. The first-order chi connectivity index (χ1) is 27.8. The molecule has 16 heteroatoms. The molecule has 0 saturated heterocycles. The molecule has 0 amide bonds. The van der Waals surface area contributed by atoms with E-state index in [4.69, 9.17) is 32.3 Å². The van der Waals surface area contributed by atoms with Crippen LogP contribution >= 0.6 is 0 Å². The second-order valence-electron chi connectivity index (χ2n) is 15.6. The first-order valence-electron chi connectivity index (χ1n) is 21.8. The van der Waals surface area contributed by atoms with Crippen molar-refractivity contribution in [3.8, 4) is 0 Å². The maximum atomic E-state index is 14.0. The van der Waals surface area contributed by atoms with Crippen molar-refractivity contribution in [1.82, 2.24) is 20.0 Å². The number of carbonyl (C=O) groups is 4. The molecule has 2 fully saturated rings. The van der Waals surface area contributed by atoms with Crippen molar-refractivity contribution in [3.05, 3.63) is 11.3 Å². The van der Waals surface area contributed by atoms with Crippen molar-refractivity contribution in [3.63, 3.8) is 0 Å². The van der Waals surface area contributed by atoms with Crippen molar-refractivity contribution in [1.29, 1.82) is 0 Å². The molecule has 0 aliphatic heterocycles. The highest BCUT2D eigenvalue weighted by Crippen LogP contribution is 2.33. The molecule has 0 heterocycles. The van der Waals surface area contributed by atoms with Gasteiger partial charge in [0, 0.05) is 50.8 Å². The van der Waals surface area contributed by atoms with E-state index in [0.29, 0.717) is 103 Å². The minimum Gasteiger partial charge on any atom is -0.480 e. The van der Waals surface area contributed by atoms with Gasteiger partial charge in [0.2, 0.25) is 0 Å². The van der Waals surface area contributed by atoms with Gasteiger partial charge in [0.15, 0.2) is 19.9 Å². The van der Waals surface area contributed by atoms with E-state index in [2.05, 4.69) is 31.0 Å². The number of nitrogens with zero attached hydrogens (tertiary/aromatic N) is 3. The van der Waals surface area contributed by atoms with Crippen LogP contribution < -0.4 is 5.32 Å². The molecule has 0 aromatic carbocycles. The molecular weight excluding hydrogens is 747 g/mol. The number of hydrogen-bond donors (Lipinski definition) is 5. The van der Waals surface area contributed by atoms with Crippen LogP contribution in [0.3, 0.4) is 0 Å². The van der Waals surface area contributed by atoms with Crippen LogP contribution in [0.15, 0.2) is 11.3 Å². The highest BCUT2D eigenvalue weighted by Gasteiger charge is 2.34. The number of carbonyl (C=O) groups excluding carboxylic acids is 2. The quantitative estimate of drug-likeness (QED) is 0.0350. The molecule has 2 aliphatic rings. The van der Waals surface area contributed by atoms with Crippen LogP contribution in [0.5, 0.6) is 0 Å². The van der Waals surface area contributed by atoms with Crippen molar-refractivity contribution in [2.45, 2.75) is 123 Å². The number of nitrogens with one attached hydrogen (secondary N) is 1. The Labute approximate surface area is 349 Å². The number of Topliss-reactive ketones (excluding diaryl/α,β-unsaturated/α-hetero) is 1. The summed E-state index contributed by atoms with van der Waals surface area (Å²) in [4.78, 5) is 54.3. The third-order valence-corrected chi connectivity index (χ3v) is 10.8. The van der Waals surface area contributed by atoms with E-state index in [-0.39, 0.29) is 37.2 Å². The lowest BCUT2D eigenvalue weighted by Crippen LogP contribution is -2.49. The second-order valence-corrected chi connectivity index (χ2v) is 15.6. The van der Waals surface area contributed by atoms with E-state index >= 15 is 0 Å². The number of allylic oxidation sites excluding steroid dienone is 2. The Hall–Kier alpha value is -2.44. The molecule has 2 saturated carbocycles. The molecule has 334 valence electrons. The summed E-state index contributed by atoms with van der Waals surface area (Å²) in [6, 6.07) is -0.239. The van der Waals surface area contributed by atoms with Crippen LogP contribution in [0.25, 0.3) is 0 Å². The van der Waals surface area contributed by atoms with Crippen LogP contribution in [0.1, 0.15) is 111 Å². The van der Waals surface area contributed by atoms with Crippen molar-refractivity contribution >= 4 is 31.3 Å². The molecule has 2 rings (SSSR count). The lowest BCUT2D eigenvalue weighted by molar-refractivity contribution is -0.140. The molecule has 2 unspecified atom stereocenters. The van der Waals surface area contributed by atoms with Crippen molar-refractivity contribution < 1.29 is 53.8 Å². The number of ketones is 1. The lowest BCUT2D eigenvalue weighted by Gasteiger charge is -2.37. The monoisotopic (exact) mass is 825 g/mol. The zero-order valence-electron chi connectivity index (χ0n) is 36.2. The Balaban J connectivity index is 0.00000315. The number of aliphatic hydroxyl groups excluding tert-OH is 1. The maximum absolute atomic E-state index is 14.0. The van der Waals surface area contributed by atoms with Gasteiger partial charge in [-0.25, -0.2) is 0 Å². The van der Waals surface area contributed by atoms with Crippen molar-refractivity contribution in [2.24, 2.45) is 11.8 Å². The predicted molar refractivity (Wildman–Crippen MR) is 225 cm³/mol. The lowest BCUT2D eigenvalue weighted by atomic mass is 9.78. The van der Waals surface area contributed by atoms with E-state index in [0.717, 1.165) is 64.3 Å². The molecule has 5 N–H and O–H groups in total. The molecule has 2 aliphatic carbocycles. The first-order valence-corrected chi connectivity index (χ1v) is 21.8. The summed E-state index contributed by atoms with van der Waals surface area (Å²) in [5.41, 5.74) is 2.26. The van der Waals surface area contributed by atoms with Crippen LogP contribution in [0, 0.1) is 11.8 Å². The van der Waals surface area contributed by atoms with Gasteiger partial charge < -0.3 is 44.7 Å². The molecule has 0 aromatic heterocycles. The fourth-order valence-corrected chi connectivity index (χ4v) is 6.58. The van der Waals surface area contributed by atoms with E-state index in [1.165, 1.54) is 17.7 Å². The Morgan fingerprint density at radius 1 is 0.741 bits per heavy atom.